The first kappa shape index (κ1) is 23.9. The summed E-state index contributed by atoms with van der Waals surface area (Å²) < 4.78 is 0. The Morgan fingerprint density at radius 1 is 1.20 bits per heavy atom. The zero-order valence-corrected chi connectivity index (χ0v) is 20.0. The van der Waals surface area contributed by atoms with E-state index in [2.05, 4.69) is 30.6 Å². The van der Waals surface area contributed by atoms with Crippen molar-refractivity contribution in [3.8, 4) is 17.2 Å². The zero-order valence-electron chi connectivity index (χ0n) is 20.0. The maximum absolute atomic E-state index is 13.3. The number of aliphatic hydroxyl groups excluding tert-OH is 1. The highest BCUT2D eigenvalue weighted by molar-refractivity contribution is 6.10. The quantitative estimate of drug-likeness (QED) is 0.308. The lowest BCUT2D eigenvalue weighted by Crippen LogP contribution is -2.25. The Morgan fingerprint density at radius 3 is 2.69 bits per heavy atom. The molecular formula is C27H28N6O2. The maximum Gasteiger partial charge on any atom is 0.260 e. The molecular weight excluding hydrogens is 440 g/mol. The van der Waals surface area contributed by atoms with Crippen molar-refractivity contribution >= 4 is 23.4 Å². The molecule has 0 radical (unpaired) electrons. The molecule has 0 spiro atoms. The molecule has 2 heterocycles. The van der Waals surface area contributed by atoms with Crippen LogP contribution in [0.2, 0.25) is 0 Å². The first-order chi connectivity index (χ1) is 16.8. The summed E-state index contributed by atoms with van der Waals surface area (Å²) in [5, 5.41) is 33.5. The molecule has 1 aliphatic heterocycles. The Bertz CT molecular complexity index is 1340. The lowest BCUT2D eigenvalue weighted by Gasteiger charge is -2.19. The zero-order chi connectivity index (χ0) is 25.1. The van der Waals surface area contributed by atoms with Gasteiger partial charge in [0.2, 0.25) is 0 Å². The van der Waals surface area contributed by atoms with Crippen molar-refractivity contribution < 1.29 is 9.90 Å². The summed E-state index contributed by atoms with van der Waals surface area (Å²) in [6, 6.07) is 16.5. The molecule has 0 bridgehead atoms. The predicted molar refractivity (Wildman–Crippen MR) is 136 cm³/mol. The standard InChI is InChI=1S/C27H28N6O2/c1-16(2)13-31-24-10-20(22-8-17(12-28)5-7-21(22)26(29)30-3)11-25(32-24)33-14-19-6-4-18(15-34)9-23(19)27(33)35/h4-11,16,34H,13-15H2,1-3H3,(H2,29,30)(H,31,32). The van der Waals surface area contributed by atoms with Crippen LogP contribution in [0, 0.1) is 22.7 Å². The van der Waals surface area contributed by atoms with E-state index in [1.165, 1.54) is 0 Å². The third-order valence-electron chi connectivity index (χ3n) is 5.92. The van der Waals surface area contributed by atoms with Gasteiger partial charge in [0.25, 0.3) is 5.91 Å². The summed E-state index contributed by atoms with van der Waals surface area (Å²) in [4.78, 5) is 19.7. The summed E-state index contributed by atoms with van der Waals surface area (Å²) in [7, 11) is 1.68. The van der Waals surface area contributed by atoms with Crippen LogP contribution in [-0.2, 0) is 13.2 Å². The van der Waals surface area contributed by atoms with Gasteiger partial charge in [0, 0.05) is 24.7 Å². The van der Waals surface area contributed by atoms with E-state index in [0.29, 0.717) is 58.5 Å². The van der Waals surface area contributed by atoms with E-state index >= 15 is 0 Å². The number of fused-ring (bicyclic) bond motifs is 1. The fourth-order valence-electron chi connectivity index (χ4n) is 4.05. The molecule has 3 aromatic rings. The summed E-state index contributed by atoms with van der Waals surface area (Å²) in [6.45, 7) is 5.13. The highest BCUT2D eigenvalue weighted by atomic mass is 16.3. The fourth-order valence-corrected chi connectivity index (χ4v) is 4.05. The largest absolute Gasteiger partial charge is 0.392 e. The number of carbonyl (C=O) groups is 1. The highest BCUT2D eigenvalue weighted by Gasteiger charge is 2.30. The van der Waals surface area contributed by atoms with Crippen LogP contribution in [0.3, 0.4) is 0 Å². The average molecular weight is 469 g/mol. The predicted octanol–water partition coefficient (Wildman–Crippen LogP) is 3.89. The minimum Gasteiger partial charge on any atom is -0.392 e. The van der Waals surface area contributed by atoms with Crippen molar-refractivity contribution in [2.24, 2.45) is 5.92 Å². The number of nitriles is 1. The molecule has 0 unspecified atom stereocenters. The number of nitrogens with one attached hydrogen (secondary N) is 3. The van der Waals surface area contributed by atoms with Crippen LogP contribution in [0.5, 0.6) is 0 Å². The van der Waals surface area contributed by atoms with Gasteiger partial charge < -0.3 is 15.7 Å². The van der Waals surface area contributed by atoms with E-state index in [1.807, 2.05) is 24.3 Å². The van der Waals surface area contributed by atoms with Gasteiger partial charge in [-0.2, -0.15) is 5.26 Å². The lowest BCUT2D eigenvalue weighted by molar-refractivity contribution is 0.0996. The molecule has 0 saturated carbocycles. The van der Waals surface area contributed by atoms with E-state index in [4.69, 9.17) is 10.4 Å². The first-order valence-corrected chi connectivity index (χ1v) is 11.5. The van der Waals surface area contributed by atoms with Crippen molar-refractivity contribution in [3.05, 3.63) is 76.3 Å². The minimum absolute atomic E-state index is 0.132. The van der Waals surface area contributed by atoms with Crippen LogP contribution < -0.4 is 15.5 Å². The fraction of sp³-hybridized carbons (Fsp3) is 0.259. The van der Waals surface area contributed by atoms with Crippen LogP contribution in [0.25, 0.3) is 11.1 Å². The van der Waals surface area contributed by atoms with Crippen LogP contribution >= 0.6 is 0 Å². The van der Waals surface area contributed by atoms with Crippen LogP contribution in [-0.4, -0.2) is 35.4 Å². The molecule has 0 atom stereocenters. The molecule has 1 aliphatic rings. The number of rotatable bonds is 7. The molecule has 0 saturated heterocycles. The molecule has 0 fully saturated rings. The van der Waals surface area contributed by atoms with Crippen LogP contribution in [0.1, 0.15) is 46.5 Å². The number of hydrogen-bond acceptors (Lipinski definition) is 6. The van der Waals surface area contributed by atoms with Crippen molar-refractivity contribution in [2.75, 3.05) is 23.8 Å². The van der Waals surface area contributed by atoms with Gasteiger partial charge in [0.1, 0.15) is 17.5 Å². The van der Waals surface area contributed by atoms with Crippen LogP contribution in [0.15, 0.2) is 48.5 Å². The Hall–Kier alpha value is -4.22. The lowest BCUT2D eigenvalue weighted by atomic mass is 9.97. The van der Waals surface area contributed by atoms with E-state index in [9.17, 15) is 15.2 Å². The van der Waals surface area contributed by atoms with E-state index < -0.39 is 0 Å². The van der Waals surface area contributed by atoms with Gasteiger partial charge in [-0.1, -0.05) is 26.0 Å². The number of pyridine rings is 1. The summed E-state index contributed by atoms with van der Waals surface area (Å²) in [6.07, 6.45) is 0. The third kappa shape index (κ3) is 4.86. The van der Waals surface area contributed by atoms with Crippen molar-refractivity contribution in [2.45, 2.75) is 27.0 Å². The molecule has 4 rings (SSSR count). The summed E-state index contributed by atoms with van der Waals surface area (Å²) >= 11 is 0. The molecule has 35 heavy (non-hydrogen) atoms. The molecule has 8 nitrogen and oxygen atoms in total. The number of amides is 1. The van der Waals surface area contributed by atoms with Crippen LogP contribution in [0.4, 0.5) is 11.6 Å². The van der Waals surface area contributed by atoms with Gasteiger partial charge in [-0.3, -0.25) is 15.1 Å². The van der Waals surface area contributed by atoms with Gasteiger partial charge in [-0.25, -0.2) is 4.98 Å². The first-order valence-electron chi connectivity index (χ1n) is 11.5. The van der Waals surface area contributed by atoms with E-state index in [1.54, 1.807) is 36.2 Å². The normalized spacial score (nSPS) is 12.5. The van der Waals surface area contributed by atoms with Gasteiger partial charge in [0.15, 0.2) is 0 Å². The Balaban J connectivity index is 1.84. The molecule has 0 aliphatic carbocycles. The number of hydrogen-bond donors (Lipinski definition) is 4. The number of nitrogens with zero attached hydrogens (tertiary/aromatic N) is 3. The maximum atomic E-state index is 13.3. The number of aromatic nitrogens is 1. The number of anilines is 2. The number of carbonyl (C=O) groups excluding carboxylic acids is 1. The highest BCUT2D eigenvalue weighted by Crippen LogP contribution is 2.34. The average Bonchev–Trinajstić information content (AvgIpc) is 3.21. The third-order valence-corrected chi connectivity index (χ3v) is 5.92. The summed E-state index contributed by atoms with van der Waals surface area (Å²) in [5.41, 5.74) is 4.68. The van der Waals surface area contributed by atoms with Crippen molar-refractivity contribution in [1.29, 1.82) is 10.7 Å². The number of amidine groups is 1. The second-order valence-electron chi connectivity index (χ2n) is 8.91. The molecule has 178 valence electrons. The molecule has 8 heteroatoms. The second-order valence-corrected chi connectivity index (χ2v) is 8.91. The molecule has 2 aromatic carbocycles. The molecule has 1 amide bonds. The van der Waals surface area contributed by atoms with Gasteiger partial charge in [0.05, 0.1) is 24.8 Å². The van der Waals surface area contributed by atoms with Gasteiger partial charge in [-0.05, 0) is 64.6 Å². The van der Waals surface area contributed by atoms with E-state index in [0.717, 1.165) is 11.1 Å². The smallest absolute Gasteiger partial charge is 0.260 e. The van der Waals surface area contributed by atoms with Gasteiger partial charge >= 0.3 is 0 Å². The SMILES string of the molecule is CNC(=N)c1ccc(C#N)cc1-c1cc(NCC(C)C)nc(N2Cc3ccc(CO)cc3C2=O)c1. The monoisotopic (exact) mass is 468 g/mol. The Morgan fingerprint density at radius 2 is 2.00 bits per heavy atom. The van der Waals surface area contributed by atoms with E-state index in [-0.39, 0.29) is 18.3 Å². The molecule has 1 aromatic heterocycles. The number of benzene rings is 2. The van der Waals surface area contributed by atoms with Crippen molar-refractivity contribution in [3.63, 3.8) is 0 Å². The topological polar surface area (TPSA) is 125 Å². The minimum atomic E-state index is -0.177. The van der Waals surface area contributed by atoms with Gasteiger partial charge in [-0.15, -0.1) is 0 Å². The Kier molecular flexibility index (Phi) is 6.80. The summed E-state index contributed by atoms with van der Waals surface area (Å²) in [5.74, 6) is 1.51. The molecule has 4 N–H and O–H groups in total. The second kappa shape index (κ2) is 9.95. The number of aliphatic hydroxyl groups is 1. The van der Waals surface area contributed by atoms with Crippen molar-refractivity contribution in [1.82, 2.24) is 10.3 Å². The Labute approximate surface area is 204 Å².